The minimum atomic E-state index is -0.295. The molecule has 0 saturated carbocycles. The number of nitrogens with zero attached hydrogens (tertiary/aromatic N) is 2. The first-order valence-corrected chi connectivity index (χ1v) is 8.63. The lowest BCUT2D eigenvalue weighted by atomic mass is 10.1. The standard InChI is InChI=1S/C18H15N3O3S/c1-21-8-9-24-14-7-6-11(10-12(14)18(21)23)19-16(22)17-20-13-4-2-3-5-15(13)25-17/h2-7,10H,8-9H2,1H3,(H,19,22). The largest absolute Gasteiger partial charge is 0.491 e. The number of hydrogen-bond donors (Lipinski definition) is 1. The van der Waals surface area contributed by atoms with E-state index in [9.17, 15) is 9.59 Å². The normalized spacial score (nSPS) is 14.0. The number of carbonyl (C=O) groups is 2. The van der Waals surface area contributed by atoms with Gasteiger partial charge >= 0.3 is 0 Å². The van der Waals surface area contributed by atoms with Crippen molar-refractivity contribution in [3.05, 3.63) is 53.0 Å². The number of carbonyl (C=O) groups excluding carboxylic acids is 2. The van der Waals surface area contributed by atoms with Crippen LogP contribution < -0.4 is 10.1 Å². The average Bonchev–Trinajstić information content (AvgIpc) is 3.00. The van der Waals surface area contributed by atoms with E-state index in [-0.39, 0.29) is 11.8 Å². The van der Waals surface area contributed by atoms with Gasteiger partial charge < -0.3 is 15.0 Å². The lowest BCUT2D eigenvalue weighted by Crippen LogP contribution is -2.27. The summed E-state index contributed by atoms with van der Waals surface area (Å²) < 4.78 is 6.55. The van der Waals surface area contributed by atoms with Crippen molar-refractivity contribution in [2.45, 2.75) is 0 Å². The molecule has 0 unspecified atom stereocenters. The van der Waals surface area contributed by atoms with Crippen LogP contribution in [0.2, 0.25) is 0 Å². The molecule has 6 nitrogen and oxygen atoms in total. The summed E-state index contributed by atoms with van der Waals surface area (Å²) in [5, 5.41) is 3.19. The van der Waals surface area contributed by atoms with E-state index in [1.807, 2.05) is 24.3 Å². The van der Waals surface area contributed by atoms with Crippen molar-refractivity contribution in [1.29, 1.82) is 0 Å². The Balaban J connectivity index is 1.61. The minimum absolute atomic E-state index is 0.122. The van der Waals surface area contributed by atoms with Gasteiger partial charge in [-0.25, -0.2) is 4.98 Å². The third kappa shape index (κ3) is 2.94. The molecule has 0 spiro atoms. The van der Waals surface area contributed by atoms with Crippen LogP contribution in [0.1, 0.15) is 20.2 Å². The summed E-state index contributed by atoms with van der Waals surface area (Å²) in [6, 6.07) is 12.7. The molecule has 0 aliphatic carbocycles. The molecule has 3 aromatic rings. The van der Waals surface area contributed by atoms with Gasteiger partial charge in [-0.1, -0.05) is 12.1 Å². The fourth-order valence-electron chi connectivity index (χ4n) is 2.65. The number of fused-ring (bicyclic) bond motifs is 2. The van der Waals surface area contributed by atoms with E-state index in [0.717, 1.165) is 10.2 Å². The molecule has 7 heteroatoms. The first-order chi connectivity index (χ1) is 12.1. The highest BCUT2D eigenvalue weighted by Gasteiger charge is 2.22. The molecule has 0 fully saturated rings. The topological polar surface area (TPSA) is 71.5 Å². The van der Waals surface area contributed by atoms with Crippen molar-refractivity contribution >= 4 is 39.1 Å². The molecule has 1 aliphatic heterocycles. The molecule has 0 saturated heterocycles. The predicted molar refractivity (Wildman–Crippen MR) is 96.5 cm³/mol. The van der Waals surface area contributed by atoms with E-state index >= 15 is 0 Å². The van der Waals surface area contributed by atoms with Crippen LogP contribution in [-0.2, 0) is 0 Å². The van der Waals surface area contributed by atoms with Crippen molar-refractivity contribution in [2.75, 3.05) is 25.5 Å². The fraction of sp³-hybridized carbons (Fsp3) is 0.167. The second-order valence-electron chi connectivity index (χ2n) is 5.73. The molecule has 2 aromatic carbocycles. The highest BCUT2D eigenvalue weighted by atomic mass is 32.1. The maximum atomic E-state index is 12.5. The molecule has 2 heterocycles. The van der Waals surface area contributed by atoms with Crippen LogP contribution in [0, 0.1) is 0 Å². The fourth-order valence-corrected chi connectivity index (χ4v) is 3.52. The summed E-state index contributed by atoms with van der Waals surface area (Å²) in [4.78, 5) is 30.8. The van der Waals surface area contributed by atoms with Gasteiger partial charge in [-0.05, 0) is 30.3 Å². The summed E-state index contributed by atoms with van der Waals surface area (Å²) in [5.74, 6) is 0.118. The van der Waals surface area contributed by atoms with E-state index in [1.165, 1.54) is 11.3 Å². The van der Waals surface area contributed by atoms with E-state index in [0.29, 0.717) is 35.2 Å². The Morgan fingerprint density at radius 2 is 2.12 bits per heavy atom. The number of rotatable bonds is 2. The number of hydrogen-bond acceptors (Lipinski definition) is 5. The van der Waals surface area contributed by atoms with Crippen LogP contribution in [0.3, 0.4) is 0 Å². The van der Waals surface area contributed by atoms with Gasteiger partial charge in [-0.2, -0.15) is 0 Å². The number of aromatic nitrogens is 1. The molecule has 25 heavy (non-hydrogen) atoms. The van der Waals surface area contributed by atoms with Gasteiger partial charge in [0.25, 0.3) is 11.8 Å². The van der Waals surface area contributed by atoms with Crippen LogP contribution in [-0.4, -0.2) is 41.9 Å². The smallest absolute Gasteiger partial charge is 0.284 e. The Hall–Kier alpha value is -2.93. The number of amides is 2. The Morgan fingerprint density at radius 1 is 1.28 bits per heavy atom. The number of thiazole rings is 1. The number of nitrogens with one attached hydrogen (secondary N) is 1. The van der Waals surface area contributed by atoms with Crippen LogP contribution in [0.4, 0.5) is 5.69 Å². The number of anilines is 1. The summed E-state index contributed by atoms with van der Waals surface area (Å²) in [6.07, 6.45) is 0. The zero-order chi connectivity index (χ0) is 17.4. The molecular formula is C18H15N3O3S. The Morgan fingerprint density at radius 3 is 2.96 bits per heavy atom. The van der Waals surface area contributed by atoms with Crippen molar-refractivity contribution in [3.63, 3.8) is 0 Å². The summed E-state index contributed by atoms with van der Waals surface area (Å²) in [7, 11) is 1.73. The summed E-state index contributed by atoms with van der Waals surface area (Å²) in [5.41, 5.74) is 1.78. The highest BCUT2D eigenvalue weighted by Crippen LogP contribution is 2.27. The zero-order valence-electron chi connectivity index (χ0n) is 13.5. The molecule has 1 N–H and O–H groups in total. The van der Waals surface area contributed by atoms with E-state index in [2.05, 4.69) is 10.3 Å². The molecule has 0 bridgehead atoms. The summed E-state index contributed by atoms with van der Waals surface area (Å²) >= 11 is 1.33. The van der Waals surface area contributed by atoms with Crippen LogP contribution >= 0.6 is 11.3 Å². The third-order valence-electron chi connectivity index (χ3n) is 3.99. The quantitative estimate of drug-likeness (QED) is 0.769. The Labute approximate surface area is 148 Å². The van der Waals surface area contributed by atoms with E-state index in [1.54, 1.807) is 30.1 Å². The van der Waals surface area contributed by atoms with Gasteiger partial charge in [0.15, 0.2) is 5.01 Å². The van der Waals surface area contributed by atoms with Crippen molar-refractivity contribution in [3.8, 4) is 5.75 Å². The van der Waals surface area contributed by atoms with E-state index in [4.69, 9.17) is 4.74 Å². The molecule has 0 radical (unpaired) electrons. The monoisotopic (exact) mass is 353 g/mol. The van der Waals surface area contributed by atoms with Gasteiger partial charge in [-0.15, -0.1) is 11.3 Å². The number of ether oxygens (including phenoxy) is 1. The molecule has 0 atom stereocenters. The average molecular weight is 353 g/mol. The van der Waals surface area contributed by atoms with Gasteiger partial charge in [0, 0.05) is 12.7 Å². The molecular weight excluding hydrogens is 338 g/mol. The first kappa shape index (κ1) is 15.6. The Kier molecular flexibility index (Phi) is 3.85. The maximum Gasteiger partial charge on any atom is 0.284 e. The molecule has 4 rings (SSSR count). The van der Waals surface area contributed by atoms with Crippen molar-refractivity contribution in [1.82, 2.24) is 9.88 Å². The summed E-state index contributed by atoms with van der Waals surface area (Å²) in [6.45, 7) is 0.980. The van der Waals surface area contributed by atoms with Gasteiger partial charge in [0.05, 0.1) is 22.3 Å². The molecule has 126 valence electrons. The molecule has 1 aromatic heterocycles. The minimum Gasteiger partial charge on any atom is -0.491 e. The molecule has 1 aliphatic rings. The number of benzene rings is 2. The van der Waals surface area contributed by atoms with Crippen LogP contribution in [0.15, 0.2) is 42.5 Å². The van der Waals surface area contributed by atoms with Crippen molar-refractivity contribution in [2.24, 2.45) is 0 Å². The second kappa shape index (κ2) is 6.18. The lowest BCUT2D eigenvalue weighted by molar-refractivity contribution is 0.0796. The number of likely N-dealkylation sites (N-methyl/N-ethyl adjacent to an activating group) is 1. The van der Waals surface area contributed by atoms with E-state index < -0.39 is 0 Å². The Bertz CT molecular complexity index is 950. The zero-order valence-corrected chi connectivity index (χ0v) is 14.3. The van der Waals surface area contributed by atoms with Crippen molar-refractivity contribution < 1.29 is 14.3 Å². The predicted octanol–water partition coefficient (Wildman–Crippen LogP) is 3.01. The van der Waals surface area contributed by atoms with Gasteiger partial charge in [0.1, 0.15) is 12.4 Å². The number of para-hydroxylation sites is 1. The van der Waals surface area contributed by atoms with Gasteiger partial charge in [-0.3, -0.25) is 9.59 Å². The molecule has 2 amide bonds. The second-order valence-corrected chi connectivity index (χ2v) is 6.76. The van der Waals surface area contributed by atoms with Crippen LogP contribution in [0.5, 0.6) is 5.75 Å². The third-order valence-corrected chi connectivity index (χ3v) is 5.02. The lowest BCUT2D eigenvalue weighted by Gasteiger charge is -2.13. The SMILES string of the molecule is CN1CCOc2ccc(NC(=O)c3nc4ccccc4s3)cc2C1=O. The first-order valence-electron chi connectivity index (χ1n) is 7.81. The van der Waals surface area contributed by atoms with Crippen LogP contribution in [0.25, 0.3) is 10.2 Å². The highest BCUT2D eigenvalue weighted by molar-refractivity contribution is 7.20. The maximum absolute atomic E-state index is 12.5. The van der Waals surface area contributed by atoms with Gasteiger partial charge in [0.2, 0.25) is 0 Å².